The van der Waals surface area contributed by atoms with Crippen LogP contribution >= 0.6 is 0 Å². The monoisotopic (exact) mass is 789 g/mol. The lowest BCUT2D eigenvalue weighted by Gasteiger charge is -2.14. The van der Waals surface area contributed by atoms with Crippen LogP contribution in [0.3, 0.4) is 0 Å². The van der Waals surface area contributed by atoms with Gasteiger partial charge in [-0.2, -0.15) is 0 Å². The van der Waals surface area contributed by atoms with Crippen molar-refractivity contribution >= 4 is 43.6 Å². The van der Waals surface area contributed by atoms with Crippen molar-refractivity contribution in [1.29, 1.82) is 0 Å². The van der Waals surface area contributed by atoms with E-state index in [4.69, 9.17) is 4.98 Å². The first kappa shape index (κ1) is 35.7. The molecule has 0 aliphatic heterocycles. The molecule has 12 aromatic rings. The van der Waals surface area contributed by atoms with Gasteiger partial charge in [-0.1, -0.05) is 182 Å². The number of pyridine rings is 1. The van der Waals surface area contributed by atoms with Crippen molar-refractivity contribution in [1.82, 2.24) is 14.1 Å². The normalized spacial score (nSPS) is 11.5. The highest BCUT2D eigenvalue weighted by atomic mass is 15.0. The maximum absolute atomic E-state index is 5.24. The first-order chi connectivity index (χ1) is 30.7. The highest BCUT2D eigenvalue weighted by molar-refractivity contribution is 6.23. The van der Waals surface area contributed by atoms with Gasteiger partial charge < -0.3 is 9.13 Å². The lowest BCUT2D eigenvalue weighted by molar-refractivity contribution is 1.15. The average Bonchev–Trinajstić information content (AvgIpc) is 3.88. The summed E-state index contributed by atoms with van der Waals surface area (Å²) in [6, 6.07) is 85.1. The minimum atomic E-state index is 0.941. The van der Waals surface area contributed by atoms with Gasteiger partial charge in [0.05, 0.1) is 33.5 Å². The molecule has 0 saturated carbocycles. The van der Waals surface area contributed by atoms with Crippen LogP contribution in [0.4, 0.5) is 0 Å². The van der Waals surface area contributed by atoms with Crippen molar-refractivity contribution < 1.29 is 0 Å². The third kappa shape index (κ3) is 6.02. The summed E-state index contributed by atoms with van der Waals surface area (Å²) in [7, 11) is 0. The number of benzene rings is 9. The van der Waals surface area contributed by atoms with Crippen molar-refractivity contribution in [3.63, 3.8) is 0 Å². The summed E-state index contributed by atoms with van der Waals surface area (Å²) in [5.41, 5.74) is 18.1. The van der Waals surface area contributed by atoms with Gasteiger partial charge in [-0.25, -0.2) is 4.98 Å². The SMILES string of the molecule is c1ccc(-c2cccc(-c3ccc(-n4c5ccccc5c5ccc6c7ccccc7n(-c7ccc(-c8cc(-c9ccccc9)cc(-c9ccccc9)n8)cc7)c6c54)cc3)c2)cc1. The van der Waals surface area contributed by atoms with Crippen molar-refractivity contribution in [2.45, 2.75) is 0 Å². The van der Waals surface area contributed by atoms with Crippen molar-refractivity contribution in [3.05, 3.63) is 237 Å². The van der Waals surface area contributed by atoms with E-state index >= 15 is 0 Å². The smallest absolute Gasteiger partial charge is 0.0788 e. The Kier molecular flexibility index (Phi) is 8.50. The molecule has 0 amide bonds. The van der Waals surface area contributed by atoms with Crippen molar-refractivity contribution in [2.24, 2.45) is 0 Å². The molecule has 3 heterocycles. The van der Waals surface area contributed by atoms with E-state index < -0.39 is 0 Å². The number of aromatic nitrogens is 3. The second-order valence-electron chi connectivity index (χ2n) is 16.0. The van der Waals surface area contributed by atoms with E-state index in [0.29, 0.717) is 0 Å². The van der Waals surface area contributed by atoms with Gasteiger partial charge in [-0.05, 0) is 88.0 Å². The van der Waals surface area contributed by atoms with Gasteiger partial charge >= 0.3 is 0 Å². The van der Waals surface area contributed by atoms with E-state index in [0.717, 1.165) is 39.5 Å². The van der Waals surface area contributed by atoms with Crippen LogP contribution in [0.15, 0.2) is 237 Å². The predicted molar refractivity (Wildman–Crippen MR) is 260 cm³/mol. The highest BCUT2D eigenvalue weighted by Gasteiger charge is 2.21. The summed E-state index contributed by atoms with van der Waals surface area (Å²) in [5, 5.41) is 4.91. The molecule has 0 unspecified atom stereocenters. The summed E-state index contributed by atoms with van der Waals surface area (Å²) >= 11 is 0. The number of rotatable bonds is 7. The molecule has 0 bridgehead atoms. The van der Waals surface area contributed by atoms with E-state index in [1.54, 1.807) is 0 Å². The lowest BCUT2D eigenvalue weighted by atomic mass is 9.99. The Bertz CT molecular complexity index is 3520. The number of nitrogens with zero attached hydrogens (tertiary/aromatic N) is 3. The van der Waals surface area contributed by atoms with E-state index in [2.05, 4.69) is 246 Å². The van der Waals surface area contributed by atoms with Gasteiger partial charge in [-0.15, -0.1) is 0 Å². The number of hydrogen-bond donors (Lipinski definition) is 0. The van der Waals surface area contributed by atoms with Crippen LogP contribution in [-0.2, 0) is 0 Å². The molecule has 0 atom stereocenters. The second-order valence-corrected chi connectivity index (χ2v) is 16.0. The Labute approximate surface area is 360 Å². The Morgan fingerprint density at radius 2 is 0.613 bits per heavy atom. The van der Waals surface area contributed by atoms with Gasteiger partial charge in [0, 0.05) is 44.0 Å². The molecule has 0 aliphatic rings. The molecule has 3 aromatic heterocycles. The van der Waals surface area contributed by atoms with Crippen molar-refractivity contribution in [3.8, 4) is 67.3 Å². The Balaban J connectivity index is 1.02. The number of para-hydroxylation sites is 2. The largest absolute Gasteiger partial charge is 0.307 e. The molecule has 12 rings (SSSR count). The fourth-order valence-electron chi connectivity index (χ4n) is 9.36. The van der Waals surface area contributed by atoms with Crippen LogP contribution in [0.1, 0.15) is 0 Å². The first-order valence-electron chi connectivity index (χ1n) is 21.2. The summed E-state index contributed by atoms with van der Waals surface area (Å²) in [4.78, 5) is 5.24. The molecular formula is C59H39N3. The molecule has 0 aliphatic carbocycles. The van der Waals surface area contributed by atoms with E-state index in [9.17, 15) is 0 Å². The molecule has 0 spiro atoms. The van der Waals surface area contributed by atoms with Crippen LogP contribution < -0.4 is 0 Å². The summed E-state index contributed by atoms with van der Waals surface area (Å²) in [6.07, 6.45) is 0. The number of hydrogen-bond acceptors (Lipinski definition) is 1. The summed E-state index contributed by atoms with van der Waals surface area (Å²) < 4.78 is 4.92. The Morgan fingerprint density at radius 3 is 1.11 bits per heavy atom. The zero-order valence-electron chi connectivity index (χ0n) is 33.9. The van der Waals surface area contributed by atoms with E-state index in [-0.39, 0.29) is 0 Å². The van der Waals surface area contributed by atoms with Crippen LogP contribution in [0, 0.1) is 0 Å². The standard InChI is InChI=1S/C59H39N3/c1-4-15-40(16-5-1)45-21-14-22-46(37-45)42-27-31-48(32-28-42)61-56-25-12-10-23-50(56)52-35-36-53-51-24-11-13-26-57(51)62(59(53)58(52)61)49-33-29-44(30-34-49)55-39-47(41-17-6-2-7-18-41)38-54(60-55)43-19-8-3-9-20-43/h1-39H. The molecule has 3 heteroatoms. The highest BCUT2D eigenvalue weighted by Crippen LogP contribution is 2.42. The van der Waals surface area contributed by atoms with Crippen LogP contribution in [0.2, 0.25) is 0 Å². The molecule has 62 heavy (non-hydrogen) atoms. The molecule has 0 saturated heterocycles. The molecular weight excluding hydrogens is 751 g/mol. The molecule has 9 aromatic carbocycles. The quantitative estimate of drug-likeness (QED) is 0.158. The third-order valence-electron chi connectivity index (χ3n) is 12.3. The van der Waals surface area contributed by atoms with Gasteiger partial charge in [0.25, 0.3) is 0 Å². The molecule has 0 N–H and O–H groups in total. The van der Waals surface area contributed by atoms with Crippen molar-refractivity contribution in [2.75, 3.05) is 0 Å². The summed E-state index contributed by atoms with van der Waals surface area (Å²) in [6.45, 7) is 0. The van der Waals surface area contributed by atoms with E-state index in [1.807, 2.05) is 0 Å². The Hall–Kier alpha value is -8.27. The zero-order valence-corrected chi connectivity index (χ0v) is 33.9. The fourth-order valence-corrected chi connectivity index (χ4v) is 9.36. The maximum atomic E-state index is 5.24. The van der Waals surface area contributed by atoms with Gasteiger partial charge in [0.15, 0.2) is 0 Å². The topological polar surface area (TPSA) is 22.8 Å². The van der Waals surface area contributed by atoms with Gasteiger partial charge in [0.1, 0.15) is 0 Å². The molecule has 0 fully saturated rings. The number of fused-ring (bicyclic) bond motifs is 7. The Morgan fingerprint density at radius 1 is 0.242 bits per heavy atom. The van der Waals surface area contributed by atoms with Crippen LogP contribution in [0.5, 0.6) is 0 Å². The van der Waals surface area contributed by atoms with Gasteiger partial charge in [0.2, 0.25) is 0 Å². The molecule has 0 radical (unpaired) electrons. The van der Waals surface area contributed by atoms with E-state index in [1.165, 1.54) is 71.4 Å². The molecule has 290 valence electrons. The maximum Gasteiger partial charge on any atom is 0.0788 e. The average molecular weight is 790 g/mol. The third-order valence-corrected chi connectivity index (χ3v) is 12.3. The predicted octanol–water partition coefficient (Wildman–Crippen LogP) is 15.6. The minimum absolute atomic E-state index is 0.941. The lowest BCUT2D eigenvalue weighted by Crippen LogP contribution is -1.99. The fraction of sp³-hybridized carbons (Fsp3) is 0. The minimum Gasteiger partial charge on any atom is -0.307 e. The van der Waals surface area contributed by atoms with Crippen LogP contribution in [-0.4, -0.2) is 14.1 Å². The van der Waals surface area contributed by atoms with Gasteiger partial charge in [-0.3, -0.25) is 0 Å². The van der Waals surface area contributed by atoms with Crippen LogP contribution in [0.25, 0.3) is 111 Å². The first-order valence-corrected chi connectivity index (χ1v) is 21.2. The zero-order chi connectivity index (χ0) is 41.0. The summed E-state index contributed by atoms with van der Waals surface area (Å²) in [5.74, 6) is 0. The second kappa shape index (κ2) is 14.8. The molecule has 3 nitrogen and oxygen atoms in total.